The van der Waals surface area contributed by atoms with Crippen molar-refractivity contribution in [3.8, 4) is 0 Å². The van der Waals surface area contributed by atoms with Crippen LogP contribution in [0.1, 0.15) is 35.5 Å². The van der Waals surface area contributed by atoms with Crippen LogP contribution in [0.2, 0.25) is 0 Å². The van der Waals surface area contributed by atoms with E-state index in [4.69, 9.17) is 5.11 Å². The molecule has 1 aromatic rings. The van der Waals surface area contributed by atoms with Crippen molar-refractivity contribution in [2.24, 2.45) is 0 Å². The number of carbonyl (C=O) groups is 3. The Labute approximate surface area is 139 Å². The largest absolute Gasteiger partial charge is 0.480 e. The van der Waals surface area contributed by atoms with Crippen LogP contribution in [0.3, 0.4) is 0 Å². The number of hydrogen-bond acceptors (Lipinski definition) is 5. The molecule has 1 atom stereocenters. The van der Waals surface area contributed by atoms with Gasteiger partial charge in [-0.3, -0.25) is 9.59 Å². The van der Waals surface area contributed by atoms with Gasteiger partial charge < -0.3 is 20.6 Å². The number of anilines is 1. The Morgan fingerprint density at radius 2 is 1.96 bits per heavy atom. The molecule has 1 rings (SSSR count). The number of nitrogens with zero attached hydrogens (tertiary/aromatic N) is 1. The number of aliphatic carboxylic acids is 1. The molecular weight excluding hydrogens is 318 g/mol. The van der Waals surface area contributed by atoms with Gasteiger partial charge in [0, 0.05) is 4.88 Å². The first-order chi connectivity index (χ1) is 10.8. The molecule has 0 radical (unpaired) electrons. The summed E-state index contributed by atoms with van der Waals surface area (Å²) in [6.45, 7) is 3.84. The summed E-state index contributed by atoms with van der Waals surface area (Å²) in [5.74, 6) is -1.79. The molecule has 8 heteroatoms. The minimum atomic E-state index is -1.08. The van der Waals surface area contributed by atoms with Crippen LogP contribution in [-0.4, -0.2) is 54.5 Å². The summed E-state index contributed by atoms with van der Waals surface area (Å²) in [6.07, 6.45) is 1.01. The van der Waals surface area contributed by atoms with E-state index in [0.29, 0.717) is 10.6 Å². The molecule has 1 aromatic heterocycles. The Bertz CT molecular complexity index is 583. The second-order valence-electron chi connectivity index (χ2n) is 5.37. The van der Waals surface area contributed by atoms with Gasteiger partial charge in [-0.1, -0.05) is 13.8 Å². The SMILES string of the molecule is CCc1cc(C(=O)NC(CC)C(=O)O)c(NC(=O)CN(C)C)s1. The third-order valence-corrected chi connectivity index (χ3v) is 4.30. The van der Waals surface area contributed by atoms with E-state index in [9.17, 15) is 14.4 Å². The van der Waals surface area contributed by atoms with Gasteiger partial charge in [-0.15, -0.1) is 11.3 Å². The smallest absolute Gasteiger partial charge is 0.326 e. The third kappa shape index (κ3) is 5.65. The third-order valence-electron chi connectivity index (χ3n) is 3.10. The maximum Gasteiger partial charge on any atom is 0.326 e. The Balaban J connectivity index is 2.96. The monoisotopic (exact) mass is 341 g/mol. The zero-order valence-electron chi connectivity index (χ0n) is 13.8. The average Bonchev–Trinajstić information content (AvgIpc) is 2.86. The maximum atomic E-state index is 12.3. The summed E-state index contributed by atoms with van der Waals surface area (Å²) in [7, 11) is 3.55. The number of carbonyl (C=O) groups excluding carboxylic acids is 2. The van der Waals surface area contributed by atoms with Crippen molar-refractivity contribution < 1.29 is 19.5 Å². The number of rotatable bonds is 8. The minimum absolute atomic E-state index is 0.202. The standard InChI is InChI=1S/C15H23N3O4S/c1-5-9-7-10(13(20)16-11(6-2)15(21)22)14(23-9)17-12(19)8-18(3)4/h7,11H,5-6,8H2,1-4H3,(H,16,20)(H,17,19)(H,21,22). The highest BCUT2D eigenvalue weighted by Gasteiger charge is 2.23. The van der Waals surface area contributed by atoms with Crippen molar-refractivity contribution in [2.75, 3.05) is 26.0 Å². The lowest BCUT2D eigenvalue weighted by Gasteiger charge is -2.13. The summed E-state index contributed by atoms with van der Waals surface area (Å²) >= 11 is 1.33. The summed E-state index contributed by atoms with van der Waals surface area (Å²) in [4.78, 5) is 38.0. The lowest BCUT2D eigenvalue weighted by atomic mass is 10.2. The predicted octanol–water partition coefficient (Wildman–Crippen LogP) is 1.40. The van der Waals surface area contributed by atoms with Gasteiger partial charge in [-0.25, -0.2) is 4.79 Å². The number of carboxylic acid groups (broad SMARTS) is 1. The fourth-order valence-electron chi connectivity index (χ4n) is 1.91. The molecule has 0 spiro atoms. The molecule has 128 valence electrons. The molecule has 0 aliphatic carbocycles. The first-order valence-corrected chi connectivity index (χ1v) is 8.21. The Morgan fingerprint density at radius 3 is 2.43 bits per heavy atom. The van der Waals surface area contributed by atoms with E-state index in [-0.39, 0.29) is 18.9 Å². The summed E-state index contributed by atoms with van der Waals surface area (Å²) in [5, 5.41) is 14.7. The van der Waals surface area contributed by atoms with Gasteiger partial charge in [0.25, 0.3) is 5.91 Å². The quantitative estimate of drug-likeness (QED) is 0.664. The highest BCUT2D eigenvalue weighted by atomic mass is 32.1. The molecule has 0 bridgehead atoms. The predicted molar refractivity (Wildman–Crippen MR) is 90.1 cm³/mol. The van der Waals surface area contributed by atoms with Crippen LogP contribution in [-0.2, 0) is 16.0 Å². The number of aryl methyl sites for hydroxylation is 1. The van der Waals surface area contributed by atoms with Crippen molar-refractivity contribution in [2.45, 2.75) is 32.7 Å². The molecule has 3 N–H and O–H groups in total. The van der Waals surface area contributed by atoms with E-state index in [1.54, 1.807) is 32.0 Å². The van der Waals surface area contributed by atoms with Crippen molar-refractivity contribution in [1.29, 1.82) is 0 Å². The molecule has 1 unspecified atom stereocenters. The average molecular weight is 341 g/mol. The normalized spacial score (nSPS) is 12.0. The second-order valence-corrected chi connectivity index (χ2v) is 6.50. The molecule has 1 heterocycles. The van der Waals surface area contributed by atoms with Crippen molar-refractivity contribution in [1.82, 2.24) is 10.2 Å². The van der Waals surface area contributed by atoms with Gasteiger partial charge in [0.15, 0.2) is 0 Å². The summed E-state index contributed by atoms with van der Waals surface area (Å²) < 4.78 is 0. The zero-order valence-corrected chi connectivity index (χ0v) is 14.6. The van der Waals surface area contributed by atoms with E-state index in [2.05, 4.69) is 10.6 Å². The molecule has 0 aliphatic rings. The zero-order chi connectivity index (χ0) is 17.6. The van der Waals surface area contributed by atoms with E-state index in [1.165, 1.54) is 11.3 Å². The Kier molecular flexibility index (Phi) is 7.18. The molecule has 0 fully saturated rings. The number of amides is 2. The van der Waals surface area contributed by atoms with Crippen LogP contribution in [0.15, 0.2) is 6.07 Å². The lowest BCUT2D eigenvalue weighted by Crippen LogP contribution is -2.40. The van der Waals surface area contributed by atoms with Gasteiger partial charge in [-0.05, 0) is 33.0 Å². The fraction of sp³-hybridized carbons (Fsp3) is 0.533. The first-order valence-electron chi connectivity index (χ1n) is 7.39. The van der Waals surface area contributed by atoms with E-state index in [0.717, 1.165) is 11.3 Å². The molecule has 23 heavy (non-hydrogen) atoms. The second kappa shape index (κ2) is 8.64. The Hall–Kier alpha value is -1.93. The molecule has 0 aliphatic heterocycles. The van der Waals surface area contributed by atoms with Crippen LogP contribution in [0.5, 0.6) is 0 Å². The molecule has 7 nitrogen and oxygen atoms in total. The van der Waals surface area contributed by atoms with E-state index in [1.807, 2.05) is 6.92 Å². The molecular formula is C15H23N3O4S. The van der Waals surface area contributed by atoms with Crippen molar-refractivity contribution in [3.63, 3.8) is 0 Å². The van der Waals surface area contributed by atoms with Crippen LogP contribution in [0.25, 0.3) is 0 Å². The summed E-state index contributed by atoms with van der Waals surface area (Å²) in [5.41, 5.74) is 0.304. The fourth-order valence-corrected chi connectivity index (χ4v) is 2.92. The lowest BCUT2D eigenvalue weighted by molar-refractivity contribution is -0.139. The Morgan fingerprint density at radius 1 is 1.30 bits per heavy atom. The van der Waals surface area contributed by atoms with Gasteiger partial charge in [0.2, 0.25) is 5.91 Å². The van der Waals surface area contributed by atoms with Crippen molar-refractivity contribution >= 4 is 34.1 Å². The maximum absolute atomic E-state index is 12.3. The molecule has 0 saturated heterocycles. The molecule has 2 amide bonds. The highest BCUT2D eigenvalue weighted by molar-refractivity contribution is 7.16. The van der Waals surface area contributed by atoms with E-state index < -0.39 is 17.9 Å². The van der Waals surface area contributed by atoms with Gasteiger partial charge in [0.1, 0.15) is 11.0 Å². The van der Waals surface area contributed by atoms with Crippen LogP contribution >= 0.6 is 11.3 Å². The number of thiophene rings is 1. The summed E-state index contributed by atoms with van der Waals surface area (Å²) in [6, 6.07) is 0.748. The highest BCUT2D eigenvalue weighted by Crippen LogP contribution is 2.28. The van der Waals surface area contributed by atoms with Gasteiger partial charge in [-0.2, -0.15) is 0 Å². The van der Waals surface area contributed by atoms with Gasteiger partial charge >= 0.3 is 5.97 Å². The number of hydrogen-bond donors (Lipinski definition) is 3. The number of carboxylic acids is 1. The molecule has 0 saturated carbocycles. The number of nitrogens with one attached hydrogen (secondary N) is 2. The van der Waals surface area contributed by atoms with Crippen molar-refractivity contribution in [3.05, 3.63) is 16.5 Å². The topological polar surface area (TPSA) is 98.7 Å². The first kappa shape index (κ1) is 19.1. The molecule has 0 aromatic carbocycles. The minimum Gasteiger partial charge on any atom is -0.480 e. The van der Waals surface area contributed by atoms with Crippen LogP contribution in [0, 0.1) is 0 Å². The van der Waals surface area contributed by atoms with Gasteiger partial charge in [0.05, 0.1) is 12.1 Å². The van der Waals surface area contributed by atoms with Crippen LogP contribution in [0.4, 0.5) is 5.00 Å². The van der Waals surface area contributed by atoms with Crippen LogP contribution < -0.4 is 10.6 Å². The number of likely N-dealkylation sites (N-methyl/N-ethyl adjacent to an activating group) is 1. The van der Waals surface area contributed by atoms with E-state index >= 15 is 0 Å².